The van der Waals surface area contributed by atoms with Gasteiger partial charge in [-0.25, -0.2) is 4.98 Å². The van der Waals surface area contributed by atoms with Crippen molar-refractivity contribution < 1.29 is 9.53 Å². The Morgan fingerprint density at radius 1 is 1.06 bits per heavy atom. The van der Waals surface area contributed by atoms with Crippen LogP contribution in [0.5, 0.6) is 5.75 Å². The second-order valence-corrected chi connectivity index (χ2v) is 8.59. The maximum absolute atomic E-state index is 12.8. The van der Waals surface area contributed by atoms with Crippen LogP contribution in [-0.2, 0) is 11.2 Å². The number of aromatic nitrogens is 1. The fourth-order valence-corrected chi connectivity index (χ4v) is 4.80. The van der Waals surface area contributed by atoms with Crippen LogP contribution in [0, 0.1) is 0 Å². The molecule has 2 heterocycles. The van der Waals surface area contributed by atoms with E-state index in [0.29, 0.717) is 6.61 Å². The number of ether oxygens (including phenoxy) is 1. The number of benzene rings is 2. The van der Waals surface area contributed by atoms with Crippen molar-refractivity contribution in [1.29, 1.82) is 0 Å². The van der Waals surface area contributed by atoms with Gasteiger partial charge in [-0.3, -0.25) is 4.79 Å². The SMILES string of the molecule is CCOc1ccccc1-c1nc(CC(=O)Nc2ccccc2N2CCN(CC)CC2)cs1. The van der Waals surface area contributed by atoms with Gasteiger partial charge >= 0.3 is 0 Å². The van der Waals surface area contributed by atoms with Crippen molar-refractivity contribution in [3.63, 3.8) is 0 Å². The molecule has 2 aromatic carbocycles. The van der Waals surface area contributed by atoms with Gasteiger partial charge in [0.1, 0.15) is 10.8 Å². The summed E-state index contributed by atoms with van der Waals surface area (Å²) in [4.78, 5) is 22.3. The number of rotatable bonds is 8. The Labute approximate surface area is 193 Å². The van der Waals surface area contributed by atoms with E-state index in [0.717, 1.165) is 66.1 Å². The summed E-state index contributed by atoms with van der Waals surface area (Å²) in [6.45, 7) is 9.87. The Morgan fingerprint density at radius 3 is 2.59 bits per heavy atom. The quantitative estimate of drug-likeness (QED) is 0.546. The number of carbonyl (C=O) groups is 1. The number of piperazine rings is 1. The molecule has 0 spiro atoms. The molecule has 1 saturated heterocycles. The molecule has 7 heteroatoms. The Morgan fingerprint density at radius 2 is 1.81 bits per heavy atom. The molecule has 1 N–H and O–H groups in total. The van der Waals surface area contributed by atoms with Gasteiger partial charge in [-0.1, -0.05) is 31.2 Å². The largest absolute Gasteiger partial charge is 0.493 e. The molecule has 0 atom stereocenters. The number of anilines is 2. The number of nitrogens with one attached hydrogen (secondary N) is 1. The third kappa shape index (κ3) is 5.29. The Balaban J connectivity index is 1.43. The van der Waals surface area contributed by atoms with Gasteiger partial charge in [0.05, 0.1) is 35.7 Å². The van der Waals surface area contributed by atoms with E-state index in [4.69, 9.17) is 9.72 Å². The van der Waals surface area contributed by atoms with Crippen LogP contribution in [0.3, 0.4) is 0 Å². The van der Waals surface area contributed by atoms with Crippen LogP contribution in [0.25, 0.3) is 10.6 Å². The second-order valence-electron chi connectivity index (χ2n) is 7.74. The minimum Gasteiger partial charge on any atom is -0.493 e. The smallest absolute Gasteiger partial charge is 0.230 e. The molecule has 3 aromatic rings. The van der Waals surface area contributed by atoms with Gasteiger partial charge in [-0.15, -0.1) is 11.3 Å². The van der Waals surface area contributed by atoms with E-state index >= 15 is 0 Å². The minimum atomic E-state index is -0.0559. The van der Waals surface area contributed by atoms with Gasteiger partial charge in [0.25, 0.3) is 0 Å². The maximum atomic E-state index is 12.8. The van der Waals surface area contributed by atoms with Crippen LogP contribution in [-0.4, -0.2) is 55.1 Å². The van der Waals surface area contributed by atoms with Gasteiger partial charge in [-0.05, 0) is 37.7 Å². The van der Waals surface area contributed by atoms with E-state index in [1.165, 1.54) is 11.3 Å². The number of nitrogens with zero attached hydrogens (tertiary/aromatic N) is 3. The Kier molecular flexibility index (Phi) is 7.39. The van der Waals surface area contributed by atoms with E-state index < -0.39 is 0 Å². The lowest BCUT2D eigenvalue weighted by molar-refractivity contribution is -0.115. The summed E-state index contributed by atoms with van der Waals surface area (Å²) in [5, 5.41) is 5.93. The summed E-state index contributed by atoms with van der Waals surface area (Å²) in [7, 11) is 0. The highest BCUT2D eigenvalue weighted by molar-refractivity contribution is 7.13. The lowest BCUT2D eigenvalue weighted by atomic mass is 10.2. The first-order valence-corrected chi connectivity index (χ1v) is 12.1. The molecule has 0 unspecified atom stereocenters. The zero-order valence-corrected chi connectivity index (χ0v) is 19.5. The molecule has 1 amide bonds. The highest BCUT2D eigenvalue weighted by atomic mass is 32.1. The van der Waals surface area contributed by atoms with E-state index in [1.54, 1.807) is 0 Å². The van der Waals surface area contributed by atoms with Crippen molar-refractivity contribution in [2.75, 3.05) is 49.5 Å². The van der Waals surface area contributed by atoms with E-state index in [1.807, 2.05) is 54.8 Å². The summed E-state index contributed by atoms with van der Waals surface area (Å²) in [6.07, 6.45) is 0.241. The summed E-state index contributed by atoms with van der Waals surface area (Å²) < 4.78 is 5.73. The van der Waals surface area contributed by atoms with E-state index in [-0.39, 0.29) is 12.3 Å². The number of hydrogen-bond acceptors (Lipinski definition) is 6. The molecule has 0 aliphatic carbocycles. The zero-order valence-electron chi connectivity index (χ0n) is 18.7. The monoisotopic (exact) mass is 450 g/mol. The van der Waals surface area contributed by atoms with Crippen LogP contribution in [0.1, 0.15) is 19.5 Å². The van der Waals surface area contributed by atoms with Crippen LogP contribution in [0.4, 0.5) is 11.4 Å². The van der Waals surface area contributed by atoms with Crippen molar-refractivity contribution in [3.05, 3.63) is 59.6 Å². The number of hydrogen-bond donors (Lipinski definition) is 1. The third-order valence-electron chi connectivity index (χ3n) is 5.65. The van der Waals surface area contributed by atoms with Crippen molar-refractivity contribution in [1.82, 2.24) is 9.88 Å². The normalized spacial score (nSPS) is 14.4. The number of carbonyl (C=O) groups excluding carboxylic acids is 1. The summed E-state index contributed by atoms with van der Waals surface area (Å²) in [5.74, 6) is 0.761. The first-order chi connectivity index (χ1) is 15.7. The third-order valence-corrected chi connectivity index (χ3v) is 6.57. The minimum absolute atomic E-state index is 0.0559. The van der Waals surface area contributed by atoms with Crippen LogP contribution in [0.15, 0.2) is 53.9 Å². The first-order valence-electron chi connectivity index (χ1n) is 11.2. The van der Waals surface area contributed by atoms with Crippen LogP contribution >= 0.6 is 11.3 Å². The maximum Gasteiger partial charge on any atom is 0.230 e. The number of amides is 1. The van der Waals surface area contributed by atoms with Crippen molar-refractivity contribution in [2.24, 2.45) is 0 Å². The van der Waals surface area contributed by atoms with Crippen molar-refractivity contribution >= 4 is 28.6 Å². The lowest BCUT2D eigenvalue weighted by Gasteiger charge is -2.36. The molecule has 4 rings (SSSR count). The number of thiazole rings is 1. The molecule has 168 valence electrons. The topological polar surface area (TPSA) is 57.7 Å². The van der Waals surface area contributed by atoms with Gasteiger partial charge < -0.3 is 19.9 Å². The van der Waals surface area contributed by atoms with E-state index in [2.05, 4.69) is 28.1 Å². The Hall–Kier alpha value is -2.90. The molecular formula is C25H30N4O2S. The zero-order chi connectivity index (χ0) is 22.3. The molecule has 6 nitrogen and oxygen atoms in total. The first kappa shape index (κ1) is 22.3. The van der Waals surface area contributed by atoms with Crippen molar-refractivity contribution in [3.8, 4) is 16.3 Å². The number of likely N-dealkylation sites (N-methyl/N-ethyl adjacent to an activating group) is 1. The molecule has 1 aliphatic rings. The van der Waals surface area contributed by atoms with Gasteiger partial charge in [-0.2, -0.15) is 0 Å². The predicted octanol–water partition coefficient (Wildman–Crippen LogP) is 4.53. The highest BCUT2D eigenvalue weighted by Crippen LogP contribution is 2.32. The average molecular weight is 451 g/mol. The second kappa shape index (κ2) is 10.6. The van der Waals surface area contributed by atoms with Crippen LogP contribution in [0.2, 0.25) is 0 Å². The molecule has 1 aromatic heterocycles. The molecule has 0 bridgehead atoms. The lowest BCUT2D eigenvalue weighted by Crippen LogP contribution is -2.46. The highest BCUT2D eigenvalue weighted by Gasteiger charge is 2.19. The summed E-state index contributed by atoms with van der Waals surface area (Å²) >= 11 is 1.54. The fraction of sp³-hybridized carbons (Fsp3) is 0.360. The Bertz CT molecular complexity index is 1040. The predicted molar refractivity (Wildman–Crippen MR) is 132 cm³/mol. The molecule has 32 heavy (non-hydrogen) atoms. The van der Waals surface area contributed by atoms with Gasteiger partial charge in [0, 0.05) is 31.6 Å². The van der Waals surface area contributed by atoms with Gasteiger partial charge in [0.2, 0.25) is 5.91 Å². The average Bonchev–Trinajstić information content (AvgIpc) is 3.28. The molecular weight excluding hydrogens is 420 g/mol. The fourth-order valence-electron chi connectivity index (χ4n) is 3.96. The molecule has 0 radical (unpaired) electrons. The van der Waals surface area contributed by atoms with Gasteiger partial charge in [0.15, 0.2) is 0 Å². The van der Waals surface area contributed by atoms with Crippen molar-refractivity contribution in [2.45, 2.75) is 20.3 Å². The number of para-hydroxylation sites is 3. The summed E-state index contributed by atoms with van der Waals surface area (Å²) in [6, 6.07) is 15.9. The standard InChI is InChI=1S/C25H30N4O2S/c1-3-28-13-15-29(16-14-28)22-11-7-6-10-21(22)27-24(30)17-19-18-32-25(26-19)20-9-5-8-12-23(20)31-4-2/h5-12,18H,3-4,13-17H2,1-2H3,(H,27,30). The van der Waals surface area contributed by atoms with Crippen LogP contribution < -0.4 is 15.0 Å². The summed E-state index contributed by atoms with van der Waals surface area (Å²) in [5.41, 5.74) is 3.67. The molecule has 1 aliphatic heterocycles. The van der Waals surface area contributed by atoms with E-state index in [9.17, 15) is 4.79 Å². The molecule has 0 saturated carbocycles. The molecule has 1 fully saturated rings.